The molecular weight excluding hydrogens is 296 g/mol. The van der Waals surface area contributed by atoms with E-state index in [2.05, 4.69) is 10.3 Å². The summed E-state index contributed by atoms with van der Waals surface area (Å²) in [7, 11) is 0. The van der Waals surface area contributed by atoms with E-state index < -0.39 is 11.5 Å². The fraction of sp³-hybridized carbons (Fsp3) is 0.562. The zero-order valence-corrected chi connectivity index (χ0v) is 13.8. The summed E-state index contributed by atoms with van der Waals surface area (Å²) in [4.78, 5) is 29.2. The van der Waals surface area contributed by atoms with E-state index in [9.17, 15) is 9.59 Å². The topological polar surface area (TPSA) is 97.6 Å². The summed E-state index contributed by atoms with van der Waals surface area (Å²) >= 11 is 0. The lowest BCUT2D eigenvalue weighted by atomic mass is 10.1. The van der Waals surface area contributed by atoms with Gasteiger partial charge in [-0.05, 0) is 39.7 Å². The average molecular weight is 320 g/mol. The highest BCUT2D eigenvalue weighted by molar-refractivity contribution is 5.98. The van der Waals surface area contributed by atoms with E-state index in [0.717, 1.165) is 12.8 Å². The molecule has 3 N–H and O–H groups in total. The largest absolute Gasteiger partial charge is 0.444 e. The van der Waals surface area contributed by atoms with Crippen LogP contribution in [0.5, 0.6) is 0 Å². The fourth-order valence-corrected chi connectivity index (χ4v) is 2.52. The Morgan fingerprint density at radius 1 is 1.43 bits per heavy atom. The van der Waals surface area contributed by atoms with Gasteiger partial charge in [-0.1, -0.05) is 0 Å². The normalized spacial score (nSPS) is 18.4. The summed E-state index contributed by atoms with van der Waals surface area (Å²) < 4.78 is 5.41. The van der Waals surface area contributed by atoms with E-state index in [1.54, 1.807) is 17.2 Å². The van der Waals surface area contributed by atoms with Crippen LogP contribution in [0, 0.1) is 0 Å². The van der Waals surface area contributed by atoms with Gasteiger partial charge in [0.2, 0.25) is 0 Å². The second kappa shape index (κ2) is 6.85. The van der Waals surface area contributed by atoms with Crippen LogP contribution in [0.15, 0.2) is 18.5 Å². The van der Waals surface area contributed by atoms with Crippen molar-refractivity contribution < 1.29 is 14.3 Å². The quantitative estimate of drug-likeness (QED) is 0.887. The minimum absolute atomic E-state index is 0.0387. The highest BCUT2D eigenvalue weighted by Gasteiger charge is 2.28. The van der Waals surface area contributed by atoms with Gasteiger partial charge in [-0.3, -0.25) is 9.78 Å². The van der Waals surface area contributed by atoms with Gasteiger partial charge in [0, 0.05) is 31.5 Å². The maximum Gasteiger partial charge on any atom is 0.410 e. The van der Waals surface area contributed by atoms with E-state index in [4.69, 9.17) is 10.5 Å². The number of primary amides is 1. The van der Waals surface area contributed by atoms with Gasteiger partial charge in [-0.15, -0.1) is 0 Å². The molecule has 0 aliphatic carbocycles. The molecule has 1 aromatic heterocycles. The molecule has 7 heteroatoms. The number of anilines is 1. The molecule has 1 atom stereocenters. The van der Waals surface area contributed by atoms with Crippen molar-refractivity contribution in [1.82, 2.24) is 9.88 Å². The molecule has 1 aromatic rings. The maximum atomic E-state index is 12.2. The third kappa shape index (κ3) is 4.84. The number of hydrogen-bond acceptors (Lipinski definition) is 5. The molecule has 0 aromatic carbocycles. The Labute approximate surface area is 136 Å². The number of carbonyl (C=O) groups is 2. The molecule has 1 fully saturated rings. The van der Waals surface area contributed by atoms with Crippen LogP contribution in [0.2, 0.25) is 0 Å². The lowest BCUT2D eigenvalue weighted by molar-refractivity contribution is 0.0206. The number of amides is 2. The number of aromatic nitrogens is 1. The Balaban J connectivity index is 2.02. The molecule has 23 heavy (non-hydrogen) atoms. The monoisotopic (exact) mass is 320 g/mol. The van der Waals surface area contributed by atoms with E-state index in [1.807, 2.05) is 20.8 Å². The van der Waals surface area contributed by atoms with Crippen molar-refractivity contribution in [3.8, 4) is 0 Å². The van der Waals surface area contributed by atoms with E-state index in [-0.39, 0.29) is 12.1 Å². The first-order chi connectivity index (χ1) is 10.8. The zero-order chi connectivity index (χ0) is 17.0. The molecule has 0 radical (unpaired) electrons. The first kappa shape index (κ1) is 17.1. The molecular formula is C16H24N4O3. The summed E-state index contributed by atoms with van der Waals surface area (Å²) in [6.45, 7) is 6.74. The fourth-order valence-electron chi connectivity index (χ4n) is 2.52. The van der Waals surface area contributed by atoms with Crippen LogP contribution in [0.3, 0.4) is 0 Å². The zero-order valence-electron chi connectivity index (χ0n) is 13.8. The first-order valence-electron chi connectivity index (χ1n) is 7.74. The second-order valence-corrected chi connectivity index (χ2v) is 6.70. The number of nitrogens with zero attached hydrogens (tertiary/aromatic N) is 2. The van der Waals surface area contributed by atoms with Gasteiger partial charge in [-0.2, -0.15) is 0 Å². The van der Waals surface area contributed by atoms with Crippen molar-refractivity contribution in [1.29, 1.82) is 0 Å². The summed E-state index contributed by atoms with van der Waals surface area (Å²) in [5, 5.41) is 3.29. The Morgan fingerprint density at radius 2 is 2.17 bits per heavy atom. The Hall–Kier alpha value is -2.31. The van der Waals surface area contributed by atoms with Crippen molar-refractivity contribution >= 4 is 17.7 Å². The Kier molecular flexibility index (Phi) is 5.08. The summed E-state index contributed by atoms with van der Waals surface area (Å²) in [6.07, 6.45) is 4.50. The summed E-state index contributed by atoms with van der Waals surface area (Å²) in [5.41, 5.74) is 5.84. The Bertz CT molecular complexity index is 583. The number of carbonyl (C=O) groups excluding carboxylic acids is 2. The smallest absolute Gasteiger partial charge is 0.410 e. The predicted octanol–water partition coefficient (Wildman–Crippen LogP) is 1.99. The van der Waals surface area contributed by atoms with E-state index in [0.29, 0.717) is 24.3 Å². The van der Waals surface area contributed by atoms with Crippen LogP contribution >= 0.6 is 0 Å². The minimum atomic E-state index is -0.527. The van der Waals surface area contributed by atoms with Crippen molar-refractivity contribution in [2.45, 2.75) is 45.3 Å². The Morgan fingerprint density at radius 3 is 2.83 bits per heavy atom. The van der Waals surface area contributed by atoms with Gasteiger partial charge in [0.05, 0.1) is 11.3 Å². The molecule has 1 aliphatic rings. The lowest BCUT2D eigenvalue weighted by Crippen LogP contribution is -2.47. The van der Waals surface area contributed by atoms with Crippen LogP contribution in [0.25, 0.3) is 0 Å². The average Bonchev–Trinajstić information content (AvgIpc) is 2.46. The maximum absolute atomic E-state index is 12.2. The van der Waals surface area contributed by atoms with Gasteiger partial charge in [0.15, 0.2) is 0 Å². The second-order valence-electron chi connectivity index (χ2n) is 6.70. The van der Waals surface area contributed by atoms with Crippen LogP contribution < -0.4 is 11.1 Å². The van der Waals surface area contributed by atoms with Crippen molar-refractivity contribution in [2.75, 3.05) is 18.4 Å². The summed E-state index contributed by atoms with van der Waals surface area (Å²) in [6, 6.07) is 1.75. The number of nitrogens with two attached hydrogens (primary N) is 1. The molecule has 7 nitrogen and oxygen atoms in total. The van der Waals surface area contributed by atoms with Crippen LogP contribution in [-0.4, -0.2) is 46.6 Å². The molecule has 126 valence electrons. The lowest BCUT2D eigenvalue weighted by Gasteiger charge is -2.35. The van der Waals surface area contributed by atoms with Gasteiger partial charge >= 0.3 is 6.09 Å². The highest BCUT2D eigenvalue weighted by Crippen LogP contribution is 2.20. The molecule has 0 bridgehead atoms. The number of nitrogens with one attached hydrogen (secondary N) is 1. The number of pyridine rings is 1. The highest BCUT2D eigenvalue weighted by atomic mass is 16.6. The molecule has 2 rings (SSSR count). The molecule has 1 aliphatic heterocycles. The van der Waals surface area contributed by atoms with E-state index >= 15 is 0 Å². The number of piperidine rings is 1. The van der Waals surface area contributed by atoms with Crippen molar-refractivity contribution in [2.24, 2.45) is 5.73 Å². The van der Waals surface area contributed by atoms with Crippen LogP contribution in [0.1, 0.15) is 44.0 Å². The standard InChI is InChI=1S/C16H24N4O3/c1-16(2,3)23-15(22)20-8-4-5-11(10-20)19-13-6-7-18-9-12(13)14(17)21/h6-7,9,11H,4-5,8,10H2,1-3H3,(H2,17,21)(H,18,19). The molecule has 0 spiro atoms. The third-order valence-electron chi connectivity index (χ3n) is 3.52. The van der Waals surface area contributed by atoms with Crippen molar-refractivity contribution in [3.63, 3.8) is 0 Å². The van der Waals surface area contributed by atoms with E-state index in [1.165, 1.54) is 6.20 Å². The van der Waals surface area contributed by atoms with Gasteiger partial charge in [0.1, 0.15) is 5.60 Å². The van der Waals surface area contributed by atoms with Crippen LogP contribution in [-0.2, 0) is 4.74 Å². The number of rotatable bonds is 3. The number of likely N-dealkylation sites (tertiary alicyclic amines) is 1. The SMILES string of the molecule is CC(C)(C)OC(=O)N1CCCC(Nc2ccncc2C(N)=O)C1. The van der Waals surface area contributed by atoms with Gasteiger partial charge in [0.25, 0.3) is 5.91 Å². The number of hydrogen-bond donors (Lipinski definition) is 2. The third-order valence-corrected chi connectivity index (χ3v) is 3.52. The van der Waals surface area contributed by atoms with Crippen molar-refractivity contribution in [3.05, 3.63) is 24.0 Å². The molecule has 2 amide bonds. The molecule has 0 saturated carbocycles. The van der Waals surface area contributed by atoms with Gasteiger partial charge in [-0.25, -0.2) is 4.79 Å². The first-order valence-corrected chi connectivity index (χ1v) is 7.74. The molecule has 1 saturated heterocycles. The van der Waals surface area contributed by atoms with Gasteiger partial charge < -0.3 is 20.7 Å². The molecule has 1 unspecified atom stereocenters. The van der Waals surface area contributed by atoms with Crippen LogP contribution in [0.4, 0.5) is 10.5 Å². The molecule has 2 heterocycles. The number of ether oxygens (including phenoxy) is 1. The predicted molar refractivity (Wildman–Crippen MR) is 87.2 cm³/mol. The summed E-state index contributed by atoms with van der Waals surface area (Å²) in [5.74, 6) is -0.527. The minimum Gasteiger partial charge on any atom is -0.444 e.